The Hall–Kier alpha value is -1.52. The van der Waals surface area contributed by atoms with Crippen LogP contribution in [0.2, 0.25) is 10.0 Å². The zero-order valence-electron chi connectivity index (χ0n) is 11.1. The average Bonchev–Trinajstić information content (AvgIpc) is 2.92. The van der Waals surface area contributed by atoms with E-state index in [-0.39, 0.29) is 6.04 Å². The second kappa shape index (κ2) is 6.08. The third-order valence-electron chi connectivity index (χ3n) is 3.41. The van der Waals surface area contributed by atoms with E-state index in [0.717, 1.165) is 22.3 Å². The third-order valence-corrected chi connectivity index (χ3v) is 4.15. The van der Waals surface area contributed by atoms with Gasteiger partial charge >= 0.3 is 0 Å². The van der Waals surface area contributed by atoms with Gasteiger partial charge in [-0.3, -0.25) is 5.84 Å². The maximum absolute atomic E-state index is 6.04. The van der Waals surface area contributed by atoms with Crippen LogP contribution in [0.1, 0.15) is 17.4 Å². The highest BCUT2D eigenvalue weighted by atomic mass is 35.5. The first-order valence-electron chi connectivity index (χ1n) is 6.56. The SMILES string of the molecule is NNC(Cc1ccc(Cl)c(Cl)c1)c1cc2ccccc2o1. The summed E-state index contributed by atoms with van der Waals surface area (Å²) in [6.07, 6.45) is 0.660. The maximum atomic E-state index is 6.04. The first kappa shape index (κ1) is 14.4. The molecule has 3 aromatic rings. The molecule has 3 N–H and O–H groups in total. The van der Waals surface area contributed by atoms with Gasteiger partial charge in [0.1, 0.15) is 11.3 Å². The van der Waals surface area contributed by atoms with Gasteiger partial charge in [-0.2, -0.15) is 0 Å². The van der Waals surface area contributed by atoms with Crippen LogP contribution in [-0.2, 0) is 6.42 Å². The van der Waals surface area contributed by atoms with Crippen LogP contribution in [0.25, 0.3) is 11.0 Å². The van der Waals surface area contributed by atoms with Gasteiger partial charge in [-0.05, 0) is 36.2 Å². The first-order chi connectivity index (χ1) is 10.2. The van der Waals surface area contributed by atoms with Crippen LogP contribution in [0, 0.1) is 0 Å². The van der Waals surface area contributed by atoms with Crippen molar-refractivity contribution in [2.24, 2.45) is 5.84 Å². The van der Waals surface area contributed by atoms with Crippen molar-refractivity contribution < 1.29 is 4.42 Å². The predicted octanol–water partition coefficient (Wildman–Crippen LogP) is 4.49. The van der Waals surface area contributed by atoms with E-state index in [0.29, 0.717) is 16.5 Å². The maximum Gasteiger partial charge on any atom is 0.134 e. The van der Waals surface area contributed by atoms with Gasteiger partial charge in [0.05, 0.1) is 16.1 Å². The van der Waals surface area contributed by atoms with E-state index in [2.05, 4.69) is 5.43 Å². The summed E-state index contributed by atoms with van der Waals surface area (Å²) in [6.45, 7) is 0. The summed E-state index contributed by atoms with van der Waals surface area (Å²) in [6, 6.07) is 15.3. The van der Waals surface area contributed by atoms with Crippen molar-refractivity contribution >= 4 is 34.2 Å². The number of para-hydroxylation sites is 1. The second-order valence-corrected chi connectivity index (χ2v) is 5.67. The van der Waals surface area contributed by atoms with E-state index in [1.807, 2.05) is 42.5 Å². The minimum absolute atomic E-state index is 0.130. The Morgan fingerprint density at radius 3 is 2.57 bits per heavy atom. The third kappa shape index (κ3) is 3.06. The van der Waals surface area contributed by atoms with Crippen LogP contribution in [0.4, 0.5) is 0 Å². The number of benzene rings is 2. The number of rotatable bonds is 4. The molecule has 1 unspecified atom stereocenters. The molecule has 5 heteroatoms. The lowest BCUT2D eigenvalue weighted by Crippen LogP contribution is -2.29. The number of nitrogens with two attached hydrogens (primary N) is 1. The molecular weight excluding hydrogens is 307 g/mol. The molecule has 108 valence electrons. The Morgan fingerprint density at radius 2 is 1.86 bits per heavy atom. The van der Waals surface area contributed by atoms with Gasteiger partial charge in [-0.25, -0.2) is 5.43 Å². The molecule has 21 heavy (non-hydrogen) atoms. The van der Waals surface area contributed by atoms with Crippen molar-refractivity contribution in [2.75, 3.05) is 0 Å². The van der Waals surface area contributed by atoms with E-state index in [9.17, 15) is 0 Å². The van der Waals surface area contributed by atoms with E-state index in [1.54, 1.807) is 6.07 Å². The molecule has 0 aliphatic rings. The molecule has 0 spiro atoms. The van der Waals surface area contributed by atoms with Gasteiger partial charge in [-0.1, -0.05) is 47.5 Å². The van der Waals surface area contributed by atoms with Crippen LogP contribution >= 0.6 is 23.2 Å². The molecule has 1 atom stereocenters. The number of nitrogens with one attached hydrogen (secondary N) is 1. The number of fused-ring (bicyclic) bond motifs is 1. The topological polar surface area (TPSA) is 51.2 Å². The van der Waals surface area contributed by atoms with E-state index < -0.39 is 0 Å². The molecule has 1 aromatic heterocycles. The number of hydrogen-bond donors (Lipinski definition) is 2. The monoisotopic (exact) mass is 320 g/mol. The fourth-order valence-corrected chi connectivity index (χ4v) is 2.64. The quantitative estimate of drug-likeness (QED) is 0.550. The van der Waals surface area contributed by atoms with E-state index >= 15 is 0 Å². The Bertz CT molecular complexity index is 737. The normalized spacial score (nSPS) is 12.7. The molecule has 3 nitrogen and oxygen atoms in total. The van der Waals surface area contributed by atoms with Crippen molar-refractivity contribution in [1.82, 2.24) is 5.43 Å². The largest absolute Gasteiger partial charge is 0.459 e. The van der Waals surface area contributed by atoms with Gasteiger partial charge in [0.2, 0.25) is 0 Å². The summed E-state index contributed by atoms with van der Waals surface area (Å²) in [7, 11) is 0. The minimum atomic E-state index is -0.130. The van der Waals surface area contributed by atoms with Crippen LogP contribution in [0.5, 0.6) is 0 Å². The molecule has 1 heterocycles. The lowest BCUT2D eigenvalue weighted by atomic mass is 10.0. The molecule has 0 bridgehead atoms. The van der Waals surface area contributed by atoms with Crippen molar-refractivity contribution in [2.45, 2.75) is 12.5 Å². The van der Waals surface area contributed by atoms with Gasteiger partial charge in [-0.15, -0.1) is 0 Å². The molecule has 3 rings (SSSR count). The molecule has 0 fully saturated rings. The molecule has 0 saturated carbocycles. The standard InChI is InChI=1S/C16H14Cl2N2O/c17-12-6-5-10(7-13(12)18)8-14(20-19)16-9-11-3-1-2-4-15(11)21-16/h1-7,9,14,20H,8,19H2. The summed E-state index contributed by atoms with van der Waals surface area (Å²) in [5, 5.41) is 2.14. The highest BCUT2D eigenvalue weighted by Gasteiger charge is 2.16. The Labute approximate surface area is 132 Å². The Morgan fingerprint density at radius 1 is 1.05 bits per heavy atom. The van der Waals surface area contributed by atoms with Gasteiger partial charge in [0.25, 0.3) is 0 Å². The summed E-state index contributed by atoms with van der Waals surface area (Å²) >= 11 is 12.0. The summed E-state index contributed by atoms with van der Waals surface area (Å²) in [5.41, 5.74) is 4.68. The lowest BCUT2D eigenvalue weighted by Gasteiger charge is -2.13. The predicted molar refractivity (Wildman–Crippen MR) is 86.4 cm³/mol. The average molecular weight is 321 g/mol. The highest BCUT2D eigenvalue weighted by molar-refractivity contribution is 6.42. The smallest absolute Gasteiger partial charge is 0.134 e. The fraction of sp³-hybridized carbons (Fsp3) is 0.125. The van der Waals surface area contributed by atoms with Crippen molar-refractivity contribution in [3.63, 3.8) is 0 Å². The van der Waals surface area contributed by atoms with E-state index in [1.165, 1.54) is 0 Å². The number of furan rings is 1. The summed E-state index contributed by atoms with van der Waals surface area (Å²) < 4.78 is 5.85. The molecule has 0 aliphatic carbocycles. The zero-order chi connectivity index (χ0) is 14.8. The lowest BCUT2D eigenvalue weighted by molar-refractivity contribution is 0.434. The molecule has 0 radical (unpaired) electrons. The van der Waals surface area contributed by atoms with Crippen LogP contribution in [-0.4, -0.2) is 0 Å². The summed E-state index contributed by atoms with van der Waals surface area (Å²) in [5.74, 6) is 6.47. The zero-order valence-corrected chi connectivity index (χ0v) is 12.7. The van der Waals surface area contributed by atoms with Crippen LogP contribution in [0.15, 0.2) is 52.9 Å². The molecule has 0 aliphatic heterocycles. The fourth-order valence-electron chi connectivity index (χ4n) is 2.32. The number of hydrogen-bond acceptors (Lipinski definition) is 3. The van der Waals surface area contributed by atoms with Crippen molar-refractivity contribution in [3.8, 4) is 0 Å². The number of halogens is 2. The van der Waals surface area contributed by atoms with E-state index in [4.69, 9.17) is 33.5 Å². The van der Waals surface area contributed by atoms with Crippen LogP contribution < -0.4 is 11.3 Å². The minimum Gasteiger partial charge on any atom is -0.459 e. The highest BCUT2D eigenvalue weighted by Crippen LogP contribution is 2.28. The second-order valence-electron chi connectivity index (χ2n) is 4.86. The molecule has 0 amide bonds. The molecular formula is C16H14Cl2N2O. The molecule has 0 saturated heterocycles. The van der Waals surface area contributed by atoms with Crippen LogP contribution in [0.3, 0.4) is 0 Å². The van der Waals surface area contributed by atoms with Crippen molar-refractivity contribution in [3.05, 3.63) is 69.9 Å². The van der Waals surface area contributed by atoms with Crippen molar-refractivity contribution in [1.29, 1.82) is 0 Å². The Balaban J connectivity index is 1.88. The first-order valence-corrected chi connectivity index (χ1v) is 7.31. The van der Waals surface area contributed by atoms with Gasteiger partial charge in [0.15, 0.2) is 0 Å². The van der Waals surface area contributed by atoms with Gasteiger partial charge < -0.3 is 4.42 Å². The van der Waals surface area contributed by atoms with Gasteiger partial charge in [0, 0.05) is 5.39 Å². The number of hydrazine groups is 1. The molecule has 2 aromatic carbocycles. The Kier molecular flexibility index (Phi) is 4.17. The summed E-state index contributed by atoms with van der Waals surface area (Å²) in [4.78, 5) is 0.